The molecule has 30 heavy (non-hydrogen) atoms. The van der Waals surface area contributed by atoms with Gasteiger partial charge in [0.1, 0.15) is 11.9 Å². The third kappa shape index (κ3) is 4.50. The van der Waals surface area contributed by atoms with Gasteiger partial charge in [-0.1, -0.05) is 26.8 Å². The van der Waals surface area contributed by atoms with E-state index >= 15 is 0 Å². The highest BCUT2D eigenvalue weighted by Gasteiger charge is 2.53. The van der Waals surface area contributed by atoms with Crippen LogP contribution in [0.1, 0.15) is 70.8 Å². The molecule has 0 radical (unpaired) electrons. The number of aryl methyl sites for hydroxylation is 1. The zero-order valence-electron chi connectivity index (χ0n) is 19.2. The van der Waals surface area contributed by atoms with Crippen LogP contribution in [-0.4, -0.2) is 24.6 Å². The van der Waals surface area contributed by atoms with E-state index in [1.54, 1.807) is 13.0 Å². The zero-order valence-corrected chi connectivity index (χ0v) is 19.2. The van der Waals surface area contributed by atoms with Crippen molar-refractivity contribution in [3.63, 3.8) is 0 Å². The molecule has 0 aromatic carbocycles. The van der Waals surface area contributed by atoms with Crippen LogP contribution in [0.3, 0.4) is 0 Å². The van der Waals surface area contributed by atoms with Gasteiger partial charge < -0.3 is 13.9 Å². The first-order valence-electron chi connectivity index (χ1n) is 11.2. The minimum atomic E-state index is -0.279. The van der Waals surface area contributed by atoms with E-state index in [1.807, 2.05) is 27.0 Å². The molecule has 0 N–H and O–H groups in total. The Morgan fingerprint density at radius 1 is 1.33 bits per heavy atom. The third-order valence-corrected chi connectivity index (χ3v) is 7.22. The standard InChI is InChI=1S/C25H36O5/c1-7-16(4)24(27)30-21-9-8-18-11-22-19(17(5)13-28-22)12-25(18,6)20(21)14-29-23(26)10-15(2)3/h7,13,15,18,20-21H,8-12,14H2,1-6H3/b16-7-/t18-,20+,21+,25+/m1/s1. The van der Waals surface area contributed by atoms with Gasteiger partial charge in [-0.3, -0.25) is 4.79 Å². The molecule has 0 aliphatic heterocycles. The van der Waals surface area contributed by atoms with Crippen molar-refractivity contribution in [2.24, 2.45) is 23.2 Å². The second-order valence-electron chi connectivity index (χ2n) is 9.78. The summed E-state index contributed by atoms with van der Waals surface area (Å²) >= 11 is 0. The molecule has 166 valence electrons. The summed E-state index contributed by atoms with van der Waals surface area (Å²) in [6, 6.07) is 0. The molecule has 4 atom stereocenters. The lowest BCUT2D eigenvalue weighted by Crippen LogP contribution is -2.53. The highest BCUT2D eigenvalue weighted by Crippen LogP contribution is 2.53. The van der Waals surface area contributed by atoms with Gasteiger partial charge in [-0.05, 0) is 68.4 Å². The fraction of sp³-hybridized carbons (Fsp3) is 0.680. The predicted molar refractivity (Wildman–Crippen MR) is 115 cm³/mol. The molecule has 2 aliphatic rings. The fourth-order valence-electron chi connectivity index (χ4n) is 5.13. The van der Waals surface area contributed by atoms with Gasteiger partial charge in [-0.15, -0.1) is 0 Å². The summed E-state index contributed by atoms with van der Waals surface area (Å²) in [7, 11) is 0. The molecule has 0 amide bonds. The lowest BCUT2D eigenvalue weighted by molar-refractivity contribution is -0.167. The van der Waals surface area contributed by atoms with E-state index in [4.69, 9.17) is 13.9 Å². The van der Waals surface area contributed by atoms with Crippen molar-refractivity contribution < 1.29 is 23.5 Å². The summed E-state index contributed by atoms with van der Waals surface area (Å²) in [5.41, 5.74) is 2.93. The minimum Gasteiger partial charge on any atom is -0.469 e. The van der Waals surface area contributed by atoms with Crippen LogP contribution in [0.15, 0.2) is 22.3 Å². The number of allylic oxidation sites excluding steroid dienone is 1. The Morgan fingerprint density at radius 3 is 2.73 bits per heavy atom. The predicted octanol–water partition coefficient (Wildman–Crippen LogP) is 5.19. The molecule has 1 aromatic heterocycles. The Hall–Kier alpha value is -2.04. The van der Waals surface area contributed by atoms with E-state index in [1.165, 1.54) is 11.1 Å². The number of fused-ring (bicyclic) bond motifs is 2. The van der Waals surface area contributed by atoms with Crippen LogP contribution in [-0.2, 0) is 31.9 Å². The summed E-state index contributed by atoms with van der Waals surface area (Å²) in [5.74, 6) is 1.26. The van der Waals surface area contributed by atoms with Crippen LogP contribution in [0.2, 0.25) is 0 Å². The average molecular weight is 417 g/mol. The van der Waals surface area contributed by atoms with Crippen molar-refractivity contribution in [2.45, 2.75) is 79.8 Å². The van der Waals surface area contributed by atoms with E-state index < -0.39 is 0 Å². The molecule has 1 aromatic rings. The Bertz CT molecular complexity index is 818. The molecule has 5 heteroatoms. The van der Waals surface area contributed by atoms with Crippen molar-refractivity contribution in [1.29, 1.82) is 0 Å². The van der Waals surface area contributed by atoms with Crippen molar-refractivity contribution in [3.05, 3.63) is 34.8 Å². The quantitative estimate of drug-likeness (QED) is 0.472. The molecule has 0 saturated heterocycles. The number of hydrogen-bond acceptors (Lipinski definition) is 5. The van der Waals surface area contributed by atoms with E-state index in [-0.39, 0.29) is 41.9 Å². The molecule has 2 aliphatic carbocycles. The van der Waals surface area contributed by atoms with E-state index in [0.717, 1.165) is 31.4 Å². The van der Waals surface area contributed by atoms with Gasteiger partial charge in [0.05, 0.1) is 12.9 Å². The Balaban J connectivity index is 1.86. The molecule has 1 fully saturated rings. The van der Waals surface area contributed by atoms with Gasteiger partial charge in [-0.2, -0.15) is 0 Å². The molecular formula is C25H36O5. The number of rotatable bonds is 6. The molecule has 1 heterocycles. The summed E-state index contributed by atoms with van der Waals surface area (Å²) in [6.07, 6.45) is 7.27. The Labute approximate surface area is 180 Å². The van der Waals surface area contributed by atoms with E-state index in [2.05, 4.69) is 13.8 Å². The van der Waals surface area contributed by atoms with Gasteiger partial charge in [0, 0.05) is 24.3 Å². The Kier molecular flexibility index (Phi) is 6.78. The van der Waals surface area contributed by atoms with Gasteiger partial charge in [0.2, 0.25) is 0 Å². The molecule has 0 unspecified atom stereocenters. The van der Waals surface area contributed by atoms with E-state index in [0.29, 0.717) is 17.9 Å². The summed E-state index contributed by atoms with van der Waals surface area (Å²) in [4.78, 5) is 24.8. The average Bonchev–Trinajstić information content (AvgIpc) is 3.03. The van der Waals surface area contributed by atoms with Crippen molar-refractivity contribution in [1.82, 2.24) is 0 Å². The first-order chi connectivity index (χ1) is 14.2. The highest BCUT2D eigenvalue weighted by atomic mass is 16.6. The molecule has 0 bridgehead atoms. The molecular weight excluding hydrogens is 380 g/mol. The second kappa shape index (κ2) is 8.99. The van der Waals surface area contributed by atoms with E-state index in [9.17, 15) is 9.59 Å². The van der Waals surface area contributed by atoms with Crippen LogP contribution in [0, 0.1) is 30.1 Å². The number of hydrogen-bond donors (Lipinski definition) is 0. The summed E-state index contributed by atoms with van der Waals surface area (Å²) in [6.45, 7) is 12.3. The summed E-state index contributed by atoms with van der Waals surface area (Å²) in [5, 5.41) is 0. The maximum Gasteiger partial charge on any atom is 0.333 e. The van der Waals surface area contributed by atoms with Gasteiger partial charge in [-0.25, -0.2) is 4.79 Å². The van der Waals surface area contributed by atoms with Crippen LogP contribution >= 0.6 is 0 Å². The maximum atomic E-state index is 12.5. The van der Waals surface area contributed by atoms with Crippen molar-refractivity contribution >= 4 is 11.9 Å². The Morgan fingerprint density at radius 2 is 2.07 bits per heavy atom. The van der Waals surface area contributed by atoms with Crippen molar-refractivity contribution in [2.75, 3.05) is 6.61 Å². The zero-order chi connectivity index (χ0) is 22.1. The molecule has 3 rings (SSSR count). The minimum absolute atomic E-state index is 0.0385. The number of ether oxygens (including phenoxy) is 2. The summed E-state index contributed by atoms with van der Waals surface area (Å²) < 4.78 is 17.5. The van der Waals surface area contributed by atoms with Crippen LogP contribution in [0.4, 0.5) is 0 Å². The third-order valence-electron chi connectivity index (χ3n) is 7.22. The first kappa shape index (κ1) is 22.6. The number of furan rings is 1. The number of carbonyl (C=O) groups excluding carboxylic acids is 2. The first-order valence-corrected chi connectivity index (χ1v) is 11.2. The van der Waals surface area contributed by atoms with Crippen molar-refractivity contribution in [3.8, 4) is 0 Å². The highest BCUT2D eigenvalue weighted by molar-refractivity contribution is 5.87. The smallest absolute Gasteiger partial charge is 0.333 e. The normalized spacial score (nSPS) is 28.6. The molecule has 1 saturated carbocycles. The SMILES string of the molecule is C/C=C(/C)C(=O)O[C@H]1CC[C@@H]2Cc3occ(C)c3C[C@]2(C)[C@H]1COC(=O)CC(C)C. The second-order valence-corrected chi connectivity index (χ2v) is 9.78. The van der Waals surface area contributed by atoms with Gasteiger partial charge in [0.15, 0.2) is 0 Å². The fourth-order valence-corrected chi connectivity index (χ4v) is 5.13. The van der Waals surface area contributed by atoms with Crippen LogP contribution in [0.25, 0.3) is 0 Å². The number of esters is 2. The molecule has 5 nitrogen and oxygen atoms in total. The number of carbonyl (C=O) groups is 2. The largest absolute Gasteiger partial charge is 0.469 e. The lowest BCUT2D eigenvalue weighted by Gasteiger charge is -2.52. The topological polar surface area (TPSA) is 65.7 Å². The molecule has 0 spiro atoms. The monoisotopic (exact) mass is 416 g/mol. The van der Waals surface area contributed by atoms with Gasteiger partial charge in [0.25, 0.3) is 0 Å². The maximum absolute atomic E-state index is 12.5. The van der Waals surface area contributed by atoms with Gasteiger partial charge >= 0.3 is 11.9 Å². The van der Waals surface area contributed by atoms with Crippen LogP contribution in [0.5, 0.6) is 0 Å². The lowest BCUT2D eigenvalue weighted by atomic mass is 9.54. The van der Waals surface area contributed by atoms with Crippen LogP contribution < -0.4 is 0 Å².